The van der Waals surface area contributed by atoms with Crippen LogP contribution in [0.5, 0.6) is 5.75 Å². The van der Waals surface area contributed by atoms with Gasteiger partial charge in [-0.05, 0) is 11.6 Å². The van der Waals surface area contributed by atoms with Crippen LogP contribution in [0.1, 0.15) is 10.4 Å². The van der Waals surface area contributed by atoms with Crippen LogP contribution >= 0.6 is 0 Å². The van der Waals surface area contributed by atoms with Crippen LogP contribution in [0.3, 0.4) is 0 Å². The van der Waals surface area contributed by atoms with E-state index in [9.17, 15) is 4.79 Å². The number of amides is 1. The molecule has 20 heavy (non-hydrogen) atoms. The molecule has 0 fully saturated rings. The molecule has 0 aliphatic rings. The number of hydrogen-bond donors (Lipinski definition) is 1. The number of methoxy groups -OCH3 is 1. The molecule has 3 rings (SSSR count). The number of aromatic nitrogens is 2. The van der Waals surface area contributed by atoms with Crippen LogP contribution in [0.2, 0.25) is 0 Å². The zero-order valence-electron chi connectivity index (χ0n) is 10.9. The van der Waals surface area contributed by atoms with Crippen LogP contribution in [0.4, 0.5) is 0 Å². The quantitative estimate of drug-likeness (QED) is 0.790. The molecular weight excluding hydrogens is 254 g/mol. The van der Waals surface area contributed by atoms with E-state index in [2.05, 4.69) is 5.10 Å². The van der Waals surface area contributed by atoms with Gasteiger partial charge in [0, 0.05) is 11.8 Å². The zero-order chi connectivity index (χ0) is 14.1. The lowest BCUT2D eigenvalue weighted by Crippen LogP contribution is -2.14. The lowest BCUT2D eigenvalue weighted by Gasteiger charge is -2.06. The van der Waals surface area contributed by atoms with E-state index in [1.54, 1.807) is 4.52 Å². The molecule has 5 heteroatoms. The molecule has 3 aromatic rings. The number of nitrogens with two attached hydrogens (primary N) is 1. The predicted molar refractivity (Wildman–Crippen MR) is 75.7 cm³/mol. The molecule has 5 nitrogen and oxygen atoms in total. The summed E-state index contributed by atoms with van der Waals surface area (Å²) in [5.41, 5.74) is 8.39. The molecule has 0 unspecified atom stereocenters. The number of carbonyl (C=O) groups excluding carboxylic acids is 1. The maximum absolute atomic E-state index is 11.4. The summed E-state index contributed by atoms with van der Waals surface area (Å²) >= 11 is 0. The van der Waals surface area contributed by atoms with Gasteiger partial charge in [0.05, 0.1) is 13.3 Å². The fourth-order valence-electron chi connectivity index (χ4n) is 2.21. The second kappa shape index (κ2) is 4.70. The van der Waals surface area contributed by atoms with E-state index in [1.165, 1.54) is 13.3 Å². The molecular formula is C15H13N3O2. The molecule has 0 radical (unpaired) electrons. The molecule has 1 aromatic carbocycles. The van der Waals surface area contributed by atoms with Crippen molar-refractivity contribution < 1.29 is 9.53 Å². The fourth-order valence-corrected chi connectivity index (χ4v) is 2.21. The molecule has 2 heterocycles. The van der Waals surface area contributed by atoms with Crippen molar-refractivity contribution in [3.8, 4) is 16.9 Å². The summed E-state index contributed by atoms with van der Waals surface area (Å²) in [6, 6.07) is 11.8. The van der Waals surface area contributed by atoms with Gasteiger partial charge in [0.25, 0.3) is 5.91 Å². The average Bonchev–Trinajstić information content (AvgIpc) is 2.91. The number of benzene rings is 1. The highest BCUT2D eigenvalue weighted by molar-refractivity contribution is 5.98. The molecule has 0 saturated carbocycles. The zero-order valence-corrected chi connectivity index (χ0v) is 10.9. The van der Waals surface area contributed by atoms with Crippen LogP contribution in [-0.2, 0) is 0 Å². The minimum Gasteiger partial charge on any atom is -0.494 e. The standard InChI is InChI=1S/C15H13N3O2/c1-20-14-12(15(16)19)8-17-18-9-11(7-13(14)18)10-5-3-2-4-6-10/h2-9H,1H3,(H2,16,19). The number of carbonyl (C=O) groups is 1. The summed E-state index contributed by atoms with van der Waals surface area (Å²) in [5, 5.41) is 4.19. The Morgan fingerprint density at radius 2 is 2.00 bits per heavy atom. The van der Waals surface area contributed by atoms with Gasteiger partial charge in [-0.3, -0.25) is 4.79 Å². The molecule has 100 valence electrons. The van der Waals surface area contributed by atoms with E-state index in [0.29, 0.717) is 11.3 Å². The van der Waals surface area contributed by atoms with Crippen molar-refractivity contribution in [1.82, 2.24) is 9.61 Å². The fraction of sp³-hybridized carbons (Fsp3) is 0.0667. The Labute approximate surface area is 115 Å². The number of primary amides is 1. The molecule has 0 aliphatic carbocycles. The van der Waals surface area contributed by atoms with E-state index in [-0.39, 0.29) is 5.56 Å². The highest BCUT2D eigenvalue weighted by atomic mass is 16.5. The lowest BCUT2D eigenvalue weighted by atomic mass is 10.1. The van der Waals surface area contributed by atoms with Gasteiger partial charge in [-0.1, -0.05) is 30.3 Å². The Balaban J connectivity index is 2.23. The van der Waals surface area contributed by atoms with E-state index in [0.717, 1.165) is 11.1 Å². The predicted octanol–water partition coefficient (Wildman–Crippen LogP) is 2.11. The third-order valence-corrected chi connectivity index (χ3v) is 3.17. The van der Waals surface area contributed by atoms with E-state index < -0.39 is 5.91 Å². The second-order valence-corrected chi connectivity index (χ2v) is 4.38. The highest BCUT2D eigenvalue weighted by Crippen LogP contribution is 2.29. The molecule has 0 spiro atoms. The van der Waals surface area contributed by atoms with Crippen molar-refractivity contribution in [2.45, 2.75) is 0 Å². The molecule has 2 aromatic heterocycles. The number of hydrogen-bond acceptors (Lipinski definition) is 3. The van der Waals surface area contributed by atoms with Gasteiger partial charge in [0.2, 0.25) is 0 Å². The Morgan fingerprint density at radius 1 is 1.25 bits per heavy atom. The summed E-state index contributed by atoms with van der Waals surface area (Å²) in [5.74, 6) is -0.117. The van der Waals surface area contributed by atoms with Gasteiger partial charge in [0.1, 0.15) is 11.1 Å². The maximum atomic E-state index is 11.4. The van der Waals surface area contributed by atoms with Crippen molar-refractivity contribution in [2.75, 3.05) is 7.11 Å². The Morgan fingerprint density at radius 3 is 2.65 bits per heavy atom. The molecule has 0 aliphatic heterocycles. The first kappa shape index (κ1) is 12.2. The first-order valence-electron chi connectivity index (χ1n) is 6.11. The maximum Gasteiger partial charge on any atom is 0.254 e. The molecule has 2 N–H and O–H groups in total. The first-order chi connectivity index (χ1) is 9.70. The number of ether oxygens (including phenoxy) is 1. The van der Waals surface area contributed by atoms with E-state index >= 15 is 0 Å². The smallest absolute Gasteiger partial charge is 0.254 e. The van der Waals surface area contributed by atoms with Crippen LogP contribution in [0, 0.1) is 0 Å². The largest absolute Gasteiger partial charge is 0.494 e. The molecule has 0 atom stereocenters. The molecule has 1 amide bonds. The van der Waals surface area contributed by atoms with Crippen LogP contribution in [0.25, 0.3) is 16.6 Å². The van der Waals surface area contributed by atoms with Crippen LogP contribution in [-0.4, -0.2) is 22.6 Å². The van der Waals surface area contributed by atoms with E-state index in [1.807, 2.05) is 42.6 Å². The monoisotopic (exact) mass is 267 g/mol. The average molecular weight is 267 g/mol. The normalized spacial score (nSPS) is 10.7. The minimum absolute atomic E-state index is 0.276. The number of nitrogens with zero attached hydrogens (tertiary/aromatic N) is 2. The van der Waals surface area contributed by atoms with Gasteiger partial charge in [0.15, 0.2) is 5.75 Å². The minimum atomic E-state index is -0.556. The molecule has 0 bridgehead atoms. The summed E-state index contributed by atoms with van der Waals surface area (Å²) in [4.78, 5) is 11.4. The van der Waals surface area contributed by atoms with Gasteiger partial charge in [-0.2, -0.15) is 5.10 Å². The van der Waals surface area contributed by atoms with Gasteiger partial charge < -0.3 is 10.5 Å². The number of rotatable bonds is 3. The van der Waals surface area contributed by atoms with Crippen LogP contribution < -0.4 is 10.5 Å². The topological polar surface area (TPSA) is 69.6 Å². The van der Waals surface area contributed by atoms with Crippen molar-refractivity contribution in [3.63, 3.8) is 0 Å². The lowest BCUT2D eigenvalue weighted by molar-refractivity contribution is 0.0997. The summed E-state index contributed by atoms with van der Waals surface area (Å²) in [6.45, 7) is 0. The summed E-state index contributed by atoms with van der Waals surface area (Å²) in [7, 11) is 1.51. The second-order valence-electron chi connectivity index (χ2n) is 4.38. The van der Waals surface area contributed by atoms with Gasteiger partial charge >= 0.3 is 0 Å². The van der Waals surface area contributed by atoms with Crippen molar-refractivity contribution >= 4 is 11.4 Å². The third-order valence-electron chi connectivity index (χ3n) is 3.17. The van der Waals surface area contributed by atoms with Crippen molar-refractivity contribution in [2.24, 2.45) is 5.73 Å². The van der Waals surface area contributed by atoms with Gasteiger partial charge in [-0.15, -0.1) is 0 Å². The Bertz CT molecular complexity index is 778. The van der Waals surface area contributed by atoms with Crippen molar-refractivity contribution in [1.29, 1.82) is 0 Å². The Kier molecular flexibility index (Phi) is 2.87. The number of fused-ring (bicyclic) bond motifs is 1. The van der Waals surface area contributed by atoms with Crippen molar-refractivity contribution in [3.05, 3.63) is 54.4 Å². The SMILES string of the molecule is COc1c(C(N)=O)cnn2cc(-c3ccccc3)cc12. The van der Waals surface area contributed by atoms with E-state index in [4.69, 9.17) is 10.5 Å². The van der Waals surface area contributed by atoms with Gasteiger partial charge in [-0.25, -0.2) is 4.52 Å². The molecule has 0 saturated heterocycles. The summed E-state index contributed by atoms with van der Waals surface area (Å²) in [6.07, 6.45) is 3.31. The first-order valence-corrected chi connectivity index (χ1v) is 6.11. The summed E-state index contributed by atoms with van der Waals surface area (Å²) < 4.78 is 6.98. The highest BCUT2D eigenvalue weighted by Gasteiger charge is 2.15. The van der Waals surface area contributed by atoms with Crippen LogP contribution in [0.15, 0.2) is 48.8 Å². The Hall–Kier alpha value is -2.82. The third kappa shape index (κ3) is 1.89.